The fourth-order valence-electron chi connectivity index (χ4n) is 1.52. The molecule has 0 bridgehead atoms. The van der Waals surface area contributed by atoms with Gasteiger partial charge < -0.3 is 4.74 Å². The molecule has 0 radical (unpaired) electrons. The van der Waals surface area contributed by atoms with Crippen molar-refractivity contribution in [1.29, 1.82) is 5.26 Å². The summed E-state index contributed by atoms with van der Waals surface area (Å²) in [5.74, 6) is -0.370. The molecule has 2 rings (SSSR count). The summed E-state index contributed by atoms with van der Waals surface area (Å²) in [4.78, 5) is 11.8. The number of carbonyl (C=O) groups excluding carboxylic acids is 1. The molecule has 0 spiro atoms. The van der Waals surface area contributed by atoms with E-state index in [-0.39, 0.29) is 12.6 Å². The van der Waals surface area contributed by atoms with Crippen LogP contribution in [0.1, 0.15) is 21.5 Å². The Hall–Kier alpha value is -2.12. The van der Waals surface area contributed by atoms with E-state index in [1.807, 2.05) is 12.1 Å². The summed E-state index contributed by atoms with van der Waals surface area (Å²) < 4.78 is 6.03. The number of hydrogen-bond acceptors (Lipinski definition) is 3. The van der Waals surface area contributed by atoms with E-state index in [0.29, 0.717) is 11.1 Å². The van der Waals surface area contributed by atoms with Crippen LogP contribution in [0.4, 0.5) is 0 Å². The van der Waals surface area contributed by atoms with Crippen molar-refractivity contribution in [1.82, 2.24) is 0 Å². The van der Waals surface area contributed by atoms with Crippen LogP contribution in [0.5, 0.6) is 0 Å². The van der Waals surface area contributed by atoms with Crippen LogP contribution in [0, 0.1) is 11.3 Å². The summed E-state index contributed by atoms with van der Waals surface area (Å²) in [6, 6.07) is 16.0. The van der Waals surface area contributed by atoms with Gasteiger partial charge in [0, 0.05) is 4.47 Å². The SMILES string of the molecule is N#Cc1ccc(COC(=O)c2cccc(Br)c2)cc1. The Morgan fingerprint density at radius 1 is 1.21 bits per heavy atom. The molecule has 3 nitrogen and oxygen atoms in total. The summed E-state index contributed by atoms with van der Waals surface area (Å²) in [7, 11) is 0. The number of halogens is 1. The van der Waals surface area contributed by atoms with Gasteiger partial charge in [-0.2, -0.15) is 5.26 Å². The number of nitrogens with zero attached hydrogens (tertiary/aromatic N) is 1. The third kappa shape index (κ3) is 3.67. The maximum Gasteiger partial charge on any atom is 0.338 e. The molecule has 0 saturated heterocycles. The third-order valence-corrected chi connectivity index (χ3v) is 3.01. The van der Waals surface area contributed by atoms with Gasteiger partial charge in [0.15, 0.2) is 0 Å². The Balaban J connectivity index is 1.98. The second-order valence-electron chi connectivity index (χ2n) is 3.90. The van der Waals surface area contributed by atoms with Crippen LogP contribution in [0.3, 0.4) is 0 Å². The number of rotatable bonds is 3. The summed E-state index contributed by atoms with van der Waals surface area (Å²) in [6.07, 6.45) is 0. The van der Waals surface area contributed by atoms with Gasteiger partial charge in [-0.25, -0.2) is 4.79 Å². The van der Waals surface area contributed by atoms with Crippen LogP contribution < -0.4 is 0 Å². The van der Waals surface area contributed by atoms with E-state index in [0.717, 1.165) is 10.0 Å². The van der Waals surface area contributed by atoms with Gasteiger partial charge in [0.05, 0.1) is 17.2 Å². The van der Waals surface area contributed by atoms with Crippen LogP contribution in [0.2, 0.25) is 0 Å². The number of carbonyl (C=O) groups is 1. The lowest BCUT2D eigenvalue weighted by atomic mass is 10.1. The van der Waals surface area contributed by atoms with E-state index in [4.69, 9.17) is 10.00 Å². The molecule has 2 aromatic rings. The van der Waals surface area contributed by atoms with Gasteiger partial charge >= 0.3 is 5.97 Å². The van der Waals surface area contributed by atoms with Crippen LogP contribution >= 0.6 is 15.9 Å². The zero-order valence-electron chi connectivity index (χ0n) is 9.97. The predicted octanol–water partition coefficient (Wildman–Crippen LogP) is 3.68. The number of esters is 1. The predicted molar refractivity (Wildman–Crippen MR) is 74.4 cm³/mol. The first-order chi connectivity index (χ1) is 9.19. The van der Waals surface area contributed by atoms with Crippen molar-refractivity contribution < 1.29 is 9.53 Å². The highest BCUT2D eigenvalue weighted by Crippen LogP contribution is 2.13. The molecule has 0 aliphatic rings. The van der Waals surface area contributed by atoms with E-state index < -0.39 is 0 Å². The van der Waals surface area contributed by atoms with Crippen LogP contribution in [0.25, 0.3) is 0 Å². The second-order valence-corrected chi connectivity index (χ2v) is 4.81. The van der Waals surface area contributed by atoms with Crippen molar-refractivity contribution in [3.63, 3.8) is 0 Å². The first-order valence-electron chi connectivity index (χ1n) is 5.61. The molecule has 0 atom stereocenters. The first kappa shape index (κ1) is 13.3. The lowest BCUT2D eigenvalue weighted by molar-refractivity contribution is 0.0472. The molecule has 0 saturated carbocycles. The molecule has 2 aromatic carbocycles. The molecule has 0 fully saturated rings. The van der Waals surface area contributed by atoms with Gasteiger partial charge in [-0.15, -0.1) is 0 Å². The van der Waals surface area contributed by atoms with Crippen LogP contribution in [0.15, 0.2) is 53.0 Å². The van der Waals surface area contributed by atoms with Gasteiger partial charge in [0.1, 0.15) is 6.61 Å². The van der Waals surface area contributed by atoms with Crippen molar-refractivity contribution in [3.8, 4) is 6.07 Å². The standard InChI is InChI=1S/C15H10BrNO2/c16-14-3-1-2-13(8-14)15(18)19-10-12-6-4-11(9-17)5-7-12/h1-8H,10H2. The molecule has 0 heterocycles. The monoisotopic (exact) mass is 315 g/mol. The zero-order valence-corrected chi connectivity index (χ0v) is 11.6. The van der Waals surface area contributed by atoms with Gasteiger partial charge in [-0.3, -0.25) is 0 Å². The summed E-state index contributed by atoms with van der Waals surface area (Å²) in [6.45, 7) is 0.192. The fraction of sp³-hybridized carbons (Fsp3) is 0.0667. The molecule has 4 heteroatoms. The van der Waals surface area contributed by atoms with Crippen molar-refractivity contribution in [2.45, 2.75) is 6.61 Å². The van der Waals surface area contributed by atoms with Crippen LogP contribution in [-0.2, 0) is 11.3 Å². The molecule has 0 N–H and O–H groups in total. The normalized spacial score (nSPS) is 9.68. The average molecular weight is 316 g/mol. The number of nitriles is 1. The highest BCUT2D eigenvalue weighted by Gasteiger charge is 2.07. The smallest absolute Gasteiger partial charge is 0.338 e. The minimum absolute atomic E-state index is 0.192. The molecular formula is C15H10BrNO2. The zero-order chi connectivity index (χ0) is 13.7. The molecule has 94 valence electrons. The van der Waals surface area contributed by atoms with Crippen molar-refractivity contribution in [2.75, 3.05) is 0 Å². The van der Waals surface area contributed by atoms with E-state index in [2.05, 4.69) is 15.9 Å². The molecule has 19 heavy (non-hydrogen) atoms. The molecule has 0 aliphatic carbocycles. The summed E-state index contributed by atoms with van der Waals surface area (Å²) in [5, 5.41) is 8.68. The topological polar surface area (TPSA) is 50.1 Å². The maximum atomic E-state index is 11.8. The van der Waals surface area contributed by atoms with Crippen molar-refractivity contribution >= 4 is 21.9 Å². The minimum Gasteiger partial charge on any atom is -0.457 e. The molecule has 0 unspecified atom stereocenters. The summed E-state index contributed by atoms with van der Waals surface area (Å²) in [5.41, 5.74) is 1.94. The van der Waals surface area contributed by atoms with Gasteiger partial charge in [0.25, 0.3) is 0 Å². The average Bonchev–Trinajstić information content (AvgIpc) is 2.45. The molecule has 0 aliphatic heterocycles. The van der Waals surface area contributed by atoms with Crippen molar-refractivity contribution in [3.05, 3.63) is 69.7 Å². The van der Waals surface area contributed by atoms with Gasteiger partial charge in [0.2, 0.25) is 0 Å². The minimum atomic E-state index is -0.370. The third-order valence-electron chi connectivity index (χ3n) is 2.51. The first-order valence-corrected chi connectivity index (χ1v) is 6.40. The van der Waals surface area contributed by atoms with Gasteiger partial charge in [-0.05, 0) is 35.9 Å². The lowest BCUT2D eigenvalue weighted by Crippen LogP contribution is -2.05. The molecular weight excluding hydrogens is 306 g/mol. The largest absolute Gasteiger partial charge is 0.457 e. The number of ether oxygens (including phenoxy) is 1. The fourth-order valence-corrected chi connectivity index (χ4v) is 1.92. The molecule has 0 aromatic heterocycles. The van der Waals surface area contributed by atoms with E-state index in [1.54, 1.807) is 42.5 Å². The number of benzene rings is 2. The highest BCUT2D eigenvalue weighted by molar-refractivity contribution is 9.10. The highest BCUT2D eigenvalue weighted by atomic mass is 79.9. The maximum absolute atomic E-state index is 11.8. The van der Waals surface area contributed by atoms with E-state index in [9.17, 15) is 4.79 Å². The summed E-state index contributed by atoms with van der Waals surface area (Å²) >= 11 is 3.30. The Bertz CT molecular complexity index is 629. The Kier molecular flexibility index (Phi) is 4.32. The molecule has 0 amide bonds. The van der Waals surface area contributed by atoms with Gasteiger partial charge in [-0.1, -0.05) is 34.1 Å². The van der Waals surface area contributed by atoms with E-state index >= 15 is 0 Å². The Labute approximate surface area is 119 Å². The Morgan fingerprint density at radius 2 is 1.95 bits per heavy atom. The van der Waals surface area contributed by atoms with E-state index in [1.165, 1.54) is 0 Å². The number of hydrogen-bond donors (Lipinski definition) is 0. The van der Waals surface area contributed by atoms with Crippen LogP contribution in [-0.4, -0.2) is 5.97 Å². The lowest BCUT2D eigenvalue weighted by Gasteiger charge is -2.05. The quantitative estimate of drug-likeness (QED) is 0.812. The second kappa shape index (κ2) is 6.17. The van der Waals surface area contributed by atoms with Crippen molar-refractivity contribution in [2.24, 2.45) is 0 Å². The Morgan fingerprint density at radius 3 is 2.58 bits per heavy atom.